The Kier molecular flexibility index (Phi) is 5.04. The van der Waals surface area contributed by atoms with Crippen molar-refractivity contribution in [2.45, 2.75) is 26.8 Å². The summed E-state index contributed by atoms with van der Waals surface area (Å²) in [7, 11) is 1.51. The van der Waals surface area contributed by atoms with E-state index < -0.39 is 12.1 Å². The first kappa shape index (κ1) is 17.4. The Balaban J connectivity index is 2.53. The van der Waals surface area contributed by atoms with Gasteiger partial charge < -0.3 is 14.3 Å². The molecule has 6 heteroatoms. The van der Waals surface area contributed by atoms with E-state index >= 15 is 0 Å². The molecule has 2 rings (SSSR count). The summed E-state index contributed by atoms with van der Waals surface area (Å²) in [4.78, 5) is 13.3. The molecule has 0 fully saturated rings. The fourth-order valence-electron chi connectivity index (χ4n) is 2.50. The third-order valence-corrected chi connectivity index (χ3v) is 3.99. The summed E-state index contributed by atoms with van der Waals surface area (Å²) in [6.07, 6.45) is -1.04. The summed E-state index contributed by atoms with van der Waals surface area (Å²) >= 11 is 3.36. The summed E-state index contributed by atoms with van der Waals surface area (Å²) < 4.78 is 11.6. The number of halogens is 1. The van der Waals surface area contributed by atoms with Crippen molar-refractivity contribution in [3.63, 3.8) is 0 Å². The van der Waals surface area contributed by atoms with Gasteiger partial charge in [-0.15, -0.1) is 0 Å². The summed E-state index contributed by atoms with van der Waals surface area (Å²) in [5.74, 6) is 0.898. The standard InChI is InChI=1S/C17H20BrNO4/c1-17(2,3)15(13-9-10-14(22-4)23-13)19(16(20)21)12-7-5-11(18)6-8-12/h5-10,15H,1-4H3,(H,20,21). The Hall–Kier alpha value is -1.95. The summed E-state index contributed by atoms with van der Waals surface area (Å²) in [6, 6.07) is 10.1. The average molecular weight is 382 g/mol. The van der Waals surface area contributed by atoms with Crippen LogP contribution in [0.5, 0.6) is 5.95 Å². The number of amides is 1. The first-order valence-corrected chi connectivity index (χ1v) is 7.95. The van der Waals surface area contributed by atoms with Crippen LogP contribution in [0, 0.1) is 5.41 Å². The highest BCUT2D eigenvalue weighted by molar-refractivity contribution is 9.10. The van der Waals surface area contributed by atoms with Gasteiger partial charge in [0.1, 0.15) is 11.8 Å². The Morgan fingerprint density at radius 3 is 2.26 bits per heavy atom. The van der Waals surface area contributed by atoms with Gasteiger partial charge in [0.25, 0.3) is 5.95 Å². The summed E-state index contributed by atoms with van der Waals surface area (Å²) in [6.45, 7) is 5.92. The molecule has 23 heavy (non-hydrogen) atoms. The van der Waals surface area contributed by atoms with E-state index in [2.05, 4.69) is 15.9 Å². The fraction of sp³-hybridized carbons (Fsp3) is 0.353. The molecular formula is C17H20BrNO4. The number of carbonyl (C=O) groups is 1. The largest absolute Gasteiger partial charge is 0.468 e. The minimum atomic E-state index is -1.04. The van der Waals surface area contributed by atoms with Gasteiger partial charge in [-0.2, -0.15) is 0 Å². The van der Waals surface area contributed by atoms with E-state index in [0.29, 0.717) is 17.4 Å². The van der Waals surface area contributed by atoms with Crippen LogP contribution in [-0.4, -0.2) is 18.3 Å². The number of hydrogen-bond acceptors (Lipinski definition) is 3. The Bertz CT molecular complexity index is 673. The van der Waals surface area contributed by atoms with E-state index in [9.17, 15) is 9.90 Å². The second-order valence-electron chi connectivity index (χ2n) is 6.26. The third-order valence-electron chi connectivity index (χ3n) is 3.46. The molecule has 124 valence electrons. The molecule has 1 aromatic heterocycles. The van der Waals surface area contributed by atoms with Gasteiger partial charge in [-0.05, 0) is 35.7 Å². The molecule has 5 nitrogen and oxygen atoms in total. The molecule has 0 saturated carbocycles. The lowest BCUT2D eigenvalue weighted by molar-refractivity contribution is 0.182. The molecule has 0 saturated heterocycles. The lowest BCUT2D eigenvalue weighted by Gasteiger charge is -2.37. The zero-order valence-corrected chi connectivity index (χ0v) is 15.1. The third kappa shape index (κ3) is 3.88. The highest BCUT2D eigenvalue weighted by Crippen LogP contribution is 2.42. The molecule has 1 amide bonds. The maximum absolute atomic E-state index is 12.0. The van der Waals surface area contributed by atoms with E-state index in [-0.39, 0.29) is 5.41 Å². The SMILES string of the molecule is COc1ccc(C(N(C(=O)O)c2ccc(Br)cc2)C(C)(C)C)o1. The zero-order valence-electron chi connectivity index (χ0n) is 13.5. The molecule has 0 radical (unpaired) electrons. The minimum absolute atomic E-state index is 0.357. The van der Waals surface area contributed by atoms with E-state index in [1.807, 2.05) is 32.9 Å². The quantitative estimate of drug-likeness (QED) is 0.777. The van der Waals surface area contributed by atoms with Crippen molar-refractivity contribution >= 4 is 27.7 Å². The smallest absolute Gasteiger partial charge is 0.412 e. The van der Waals surface area contributed by atoms with Gasteiger partial charge in [-0.1, -0.05) is 36.7 Å². The number of ether oxygens (including phenoxy) is 1. The van der Waals surface area contributed by atoms with Crippen molar-refractivity contribution < 1.29 is 19.1 Å². The molecule has 0 aliphatic carbocycles. The van der Waals surface area contributed by atoms with Crippen LogP contribution in [0.15, 0.2) is 45.3 Å². The Morgan fingerprint density at radius 1 is 1.22 bits per heavy atom. The summed E-state index contributed by atoms with van der Waals surface area (Å²) in [5, 5.41) is 9.80. The number of rotatable bonds is 4. The van der Waals surface area contributed by atoms with Crippen LogP contribution in [-0.2, 0) is 0 Å². The van der Waals surface area contributed by atoms with Crippen molar-refractivity contribution in [3.8, 4) is 5.95 Å². The molecule has 1 heterocycles. The highest BCUT2D eigenvalue weighted by Gasteiger charge is 2.38. The molecule has 1 aromatic carbocycles. The van der Waals surface area contributed by atoms with Crippen LogP contribution < -0.4 is 9.64 Å². The average Bonchev–Trinajstić information content (AvgIpc) is 2.92. The zero-order chi connectivity index (χ0) is 17.2. The topological polar surface area (TPSA) is 62.9 Å². The lowest BCUT2D eigenvalue weighted by atomic mass is 9.84. The minimum Gasteiger partial charge on any atom is -0.468 e. The van der Waals surface area contributed by atoms with Gasteiger partial charge in [0.2, 0.25) is 0 Å². The van der Waals surface area contributed by atoms with Crippen molar-refractivity contribution in [3.05, 3.63) is 46.6 Å². The van der Waals surface area contributed by atoms with Gasteiger partial charge in [-0.25, -0.2) is 4.79 Å². The second-order valence-corrected chi connectivity index (χ2v) is 7.17. The molecule has 1 unspecified atom stereocenters. The number of hydrogen-bond donors (Lipinski definition) is 1. The first-order chi connectivity index (χ1) is 10.7. The molecule has 0 bridgehead atoms. The van der Waals surface area contributed by atoms with Crippen LogP contribution in [0.1, 0.15) is 32.6 Å². The van der Waals surface area contributed by atoms with Gasteiger partial charge in [0, 0.05) is 16.2 Å². The Labute approximate surface area is 144 Å². The Morgan fingerprint density at radius 2 is 1.83 bits per heavy atom. The number of nitrogens with zero attached hydrogens (tertiary/aromatic N) is 1. The number of anilines is 1. The van der Waals surface area contributed by atoms with Crippen LogP contribution >= 0.6 is 15.9 Å². The molecule has 2 aromatic rings. The monoisotopic (exact) mass is 381 g/mol. The fourth-order valence-corrected chi connectivity index (χ4v) is 2.77. The van der Waals surface area contributed by atoms with Crippen LogP contribution in [0.2, 0.25) is 0 Å². The van der Waals surface area contributed by atoms with Gasteiger partial charge in [0.15, 0.2) is 0 Å². The summed E-state index contributed by atoms with van der Waals surface area (Å²) in [5.41, 5.74) is 0.199. The lowest BCUT2D eigenvalue weighted by Crippen LogP contribution is -2.40. The molecular weight excluding hydrogens is 362 g/mol. The maximum atomic E-state index is 12.0. The molecule has 1 atom stereocenters. The van der Waals surface area contributed by atoms with E-state index in [0.717, 1.165) is 4.47 Å². The number of carboxylic acid groups (broad SMARTS) is 1. The van der Waals surface area contributed by atoms with E-state index in [1.165, 1.54) is 12.0 Å². The van der Waals surface area contributed by atoms with Crippen molar-refractivity contribution in [2.24, 2.45) is 5.41 Å². The number of methoxy groups -OCH3 is 1. The maximum Gasteiger partial charge on any atom is 0.412 e. The van der Waals surface area contributed by atoms with Crippen LogP contribution in [0.4, 0.5) is 10.5 Å². The molecule has 0 spiro atoms. The van der Waals surface area contributed by atoms with Crippen molar-refractivity contribution in [1.29, 1.82) is 0 Å². The molecule has 1 N–H and O–H groups in total. The van der Waals surface area contributed by atoms with Gasteiger partial charge in [-0.3, -0.25) is 4.90 Å². The van der Waals surface area contributed by atoms with Crippen molar-refractivity contribution in [1.82, 2.24) is 0 Å². The van der Waals surface area contributed by atoms with Gasteiger partial charge >= 0.3 is 6.09 Å². The molecule has 0 aliphatic rings. The number of furan rings is 1. The normalized spacial score (nSPS) is 12.7. The van der Waals surface area contributed by atoms with Crippen molar-refractivity contribution in [2.75, 3.05) is 12.0 Å². The molecule has 0 aliphatic heterocycles. The first-order valence-electron chi connectivity index (χ1n) is 7.15. The van der Waals surface area contributed by atoms with Gasteiger partial charge in [0.05, 0.1) is 7.11 Å². The second kappa shape index (κ2) is 6.66. The highest BCUT2D eigenvalue weighted by atomic mass is 79.9. The van der Waals surface area contributed by atoms with E-state index in [4.69, 9.17) is 9.15 Å². The predicted molar refractivity (Wildman–Crippen MR) is 92.1 cm³/mol. The predicted octanol–water partition coefficient (Wildman–Crippen LogP) is 5.32. The van der Waals surface area contributed by atoms with Crippen LogP contribution in [0.25, 0.3) is 0 Å². The van der Waals surface area contributed by atoms with E-state index in [1.54, 1.807) is 24.3 Å². The number of benzene rings is 1. The van der Waals surface area contributed by atoms with Crippen LogP contribution in [0.3, 0.4) is 0 Å².